The van der Waals surface area contributed by atoms with Gasteiger partial charge in [0.2, 0.25) is 5.91 Å². The van der Waals surface area contributed by atoms with Gasteiger partial charge in [-0.05, 0) is 24.1 Å². The molecule has 0 saturated heterocycles. The molecule has 0 spiro atoms. The molecular formula is C16H21NO3. The molecule has 1 amide bonds. The van der Waals surface area contributed by atoms with Gasteiger partial charge in [0.05, 0.1) is 6.04 Å². The molecule has 1 aromatic carbocycles. The summed E-state index contributed by atoms with van der Waals surface area (Å²) in [5, 5.41) is 11.5. The van der Waals surface area contributed by atoms with Crippen molar-refractivity contribution in [1.29, 1.82) is 0 Å². The van der Waals surface area contributed by atoms with Crippen LogP contribution in [0.4, 0.5) is 0 Å². The predicted octanol–water partition coefficient (Wildman–Crippen LogP) is 3.01. The molecule has 0 radical (unpaired) electrons. The minimum Gasteiger partial charge on any atom is -0.478 e. The van der Waals surface area contributed by atoms with Gasteiger partial charge in [-0.25, -0.2) is 4.79 Å². The lowest BCUT2D eigenvalue weighted by Gasteiger charge is -2.22. The number of aliphatic carboxylic acids is 1. The zero-order valence-electron chi connectivity index (χ0n) is 12.3. The van der Waals surface area contributed by atoms with E-state index in [0.717, 1.165) is 17.2 Å². The highest BCUT2D eigenvalue weighted by molar-refractivity contribution is 5.85. The number of carboxylic acid groups (broad SMARTS) is 1. The maximum Gasteiger partial charge on any atom is 0.328 e. The van der Waals surface area contributed by atoms with Crippen molar-refractivity contribution in [3.8, 4) is 0 Å². The molecule has 0 aliphatic carbocycles. The largest absolute Gasteiger partial charge is 0.478 e. The lowest BCUT2D eigenvalue weighted by Crippen LogP contribution is -2.36. The highest BCUT2D eigenvalue weighted by Crippen LogP contribution is 2.18. The van der Waals surface area contributed by atoms with Gasteiger partial charge in [-0.3, -0.25) is 4.79 Å². The Morgan fingerprint density at radius 3 is 2.20 bits per heavy atom. The van der Waals surface area contributed by atoms with Crippen LogP contribution in [0.2, 0.25) is 0 Å². The summed E-state index contributed by atoms with van der Waals surface area (Å²) in [5.74, 6) is -0.972. The van der Waals surface area contributed by atoms with E-state index in [1.807, 2.05) is 52.0 Å². The van der Waals surface area contributed by atoms with Crippen molar-refractivity contribution in [3.05, 3.63) is 41.5 Å². The highest BCUT2D eigenvalue weighted by Gasteiger charge is 2.22. The maximum atomic E-state index is 11.9. The standard InChI is InChI=1S/C16H21NO3/c1-11(17-15(20)16(2,3)4)13-8-5-12(6-9-13)7-10-14(18)19/h5-11H,1-4H3,(H,17,20)(H,18,19). The Morgan fingerprint density at radius 1 is 1.20 bits per heavy atom. The second-order valence-electron chi connectivity index (χ2n) is 5.78. The number of nitrogens with one attached hydrogen (secondary N) is 1. The Morgan fingerprint density at radius 2 is 1.75 bits per heavy atom. The first-order chi connectivity index (χ1) is 9.20. The quantitative estimate of drug-likeness (QED) is 0.830. The molecule has 2 N–H and O–H groups in total. The van der Waals surface area contributed by atoms with E-state index in [-0.39, 0.29) is 11.9 Å². The molecule has 4 heteroatoms. The molecule has 0 saturated carbocycles. The van der Waals surface area contributed by atoms with E-state index in [4.69, 9.17) is 5.11 Å². The SMILES string of the molecule is CC(NC(=O)C(C)(C)C)c1ccc(C=CC(=O)O)cc1. The summed E-state index contributed by atoms with van der Waals surface area (Å²) in [6.07, 6.45) is 2.63. The normalized spacial score (nSPS) is 13.2. The Kier molecular flexibility index (Phi) is 5.08. The number of carbonyl (C=O) groups excluding carboxylic acids is 1. The molecule has 1 unspecified atom stereocenters. The Balaban J connectivity index is 2.73. The summed E-state index contributed by atoms with van der Waals surface area (Å²) >= 11 is 0. The zero-order chi connectivity index (χ0) is 15.3. The van der Waals surface area contributed by atoms with Crippen LogP contribution in [0.5, 0.6) is 0 Å². The van der Waals surface area contributed by atoms with Crippen LogP contribution < -0.4 is 5.32 Å². The average molecular weight is 275 g/mol. The Hall–Kier alpha value is -2.10. The van der Waals surface area contributed by atoms with Crippen molar-refractivity contribution >= 4 is 18.0 Å². The number of benzene rings is 1. The summed E-state index contributed by atoms with van der Waals surface area (Å²) < 4.78 is 0. The molecule has 0 heterocycles. The lowest BCUT2D eigenvalue weighted by atomic mass is 9.94. The molecule has 0 fully saturated rings. The maximum absolute atomic E-state index is 11.9. The monoisotopic (exact) mass is 275 g/mol. The van der Waals surface area contributed by atoms with Crippen molar-refractivity contribution in [1.82, 2.24) is 5.32 Å². The fourth-order valence-corrected chi connectivity index (χ4v) is 1.56. The highest BCUT2D eigenvalue weighted by atomic mass is 16.4. The molecule has 20 heavy (non-hydrogen) atoms. The third-order valence-corrected chi connectivity index (χ3v) is 2.88. The molecule has 0 aliphatic rings. The molecule has 108 valence electrons. The summed E-state index contributed by atoms with van der Waals surface area (Å²) in [7, 11) is 0. The van der Waals surface area contributed by atoms with Crippen LogP contribution in [-0.4, -0.2) is 17.0 Å². The van der Waals surface area contributed by atoms with Gasteiger partial charge in [0.1, 0.15) is 0 Å². The summed E-state index contributed by atoms with van der Waals surface area (Å²) in [4.78, 5) is 22.3. The van der Waals surface area contributed by atoms with Crippen LogP contribution in [-0.2, 0) is 9.59 Å². The van der Waals surface area contributed by atoms with Crippen molar-refractivity contribution in [2.24, 2.45) is 5.41 Å². The van der Waals surface area contributed by atoms with E-state index in [1.54, 1.807) is 0 Å². The summed E-state index contributed by atoms with van der Waals surface area (Å²) in [6, 6.07) is 7.34. The van der Waals surface area contributed by atoms with E-state index < -0.39 is 11.4 Å². The minimum atomic E-state index is -0.972. The van der Waals surface area contributed by atoms with Crippen LogP contribution in [0, 0.1) is 5.41 Å². The summed E-state index contributed by atoms with van der Waals surface area (Å²) in [6.45, 7) is 7.53. The number of rotatable bonds is 4. The fourth-order valence-electron chi connectivity index (χ4n) is 1.56. The minimum absolute atomic E-state index is 0.000139. The number of hydrogen-bond acceptors (Lipinski definition) is 2. The van der Waals surface area contributed by atoms with E-state index in [1.165, 1.54) is 6.08 Å². The molecular weight excluding hydrogens is 254 g/mol. The van der Waals surface area contributed by atoms with Crippen molar-refractivity contribution in [2.45, 2.75) is 33.7 Å². The van der Waals surface area contributed by atoms with Crippen molar-refractivity contribution in [2.75, 3.05) is 0 Å². The third-order valence-electron chi connectivity index (χ3n) is 2.88. The van der Waals surface area contributed by atoms with Crippen LogP contribution >= 0.6 is 0 Å². The van der Waals surface area contributed by atoms with E-state index in [2.05, 4.69) is 5.32 Å². The van der Waals surface area contributed by atoms with Gasteiger partial charge in [0, 0.05) is 11.5 Å². The van der Waals surface area contributed by atoms with Gasteiger partial charge >= 0.3 is 5.97 Å². The second-order valence-corrected chi connectivity index (χ2v) is 5.78. The van der Waals surface area contributed by atoms with Gasteiger partial charge in [0.25, 0.3) is 0 Å². The Labute approximate surface area is 119 Å². The van der Waals surface area contributed by atoms with E-state index in [0.29, 0.717) is 0 Å². The van der Waals surface area contributed by atoms with Gasteiger partial charge < -0.3 is 10.4 Å². The molecule has 4 nitrogen and oxygen atoms in total. The van der Waals surface area contributed by atoms with Crippen LogP contribution in [0.3, 0.4) is 0 Å². The van der Waals surface area contributed by atoms with Gasteiger partial charge in [-0.15, -0.1) is 0 Å². The number of carbonyl (C=O) groups is 2. The number of hydrogen-bond donors (Lipinski definition) is 2. The van der Waals surface area contributed by atoms with Gasteiger partial charge in [-0.1, -0.05) is 45.0 Å². The van der Waals surface area contributed by atoms with Crippen molar-refractivity contribution in [3.63, 3.8) is 0 Å². The first kappa shape index (κ1) is 16.0. The smallest absolute Gasteiger partial charge is 0.328 e. The Bertz CT molecular complexity index is 510. The topological polar surface area (TPSA) is 66.4 Å². The number of amides is 1. The van der Waals surface area contributed by atoms with Crippen molar-refractivity contribution < 1.29 is 14.7 Å². The molecule has 1 aromatic rings. The molecule has 0 aliphatic heterocycles. The van der Waals surface area contributed by atoms with Gasteiger partial charge in [-0.2, -0.15) is 0 Å². The lowest BCUT2D eigenvalue weighted by molar-refractivity contribution is -0.131. The first-order valence-corrected chi connectivity index (χ1v) is 6.52. The molecule has 1 atom stereocenters. The first-order valence-electron chi connectivity index (χ1n) is 6.52. The van der Waals surface area contributed by atoms with Crippen LogP contribution in [0.25, 0.3) is 6.08 Å². The number of carboxylic acids is 1. The molecule has 1 rings (SSSR count). The fraction of sp³-hybridized carbons (Fsp3) is 0.375. The van der Waals surface area contributed by atoms with E-state index in [9.17, 15) is 9.59 Å². The van der Waals surface area contributed by atoms with Gasteiger partial charge in [0.15, 0.2) is 0 Å². The van der Waals surface area contributed by atoms with Crippen LogP contribution in [0.15, 0.2) is 30.3 Å². The molecule has 0 bridgehead atoms. The summed E-state index contributed by atoms with van der Waals surface area (Å²) in [5.41, 5.74) is 1.37. The van der Waals surface area contributed by atoms with Crippen LogP contribution in [0.1, 0.15) is 44.9 Å². The predicted molar refractivity (Wildman–Crippen MR) is 79.1 cm³/mol. The van der Waals surface area contributed by atoms with E-state index >= 15 is 0 Å². The molecule has 0 aromatic heterocycles. The average Bonchev–Trinajstić information content (AvgIpc) is 2.35. The third kappa shape index (κ3) is 4.88. The zero-order valence-corrected chi connectivity index (χ0v) is 12.3. The second kappa shape index (κ2) is 6.37.